The van der Waals surface area contributed by atoms with Crippen LogP contribution < -0.4 is 14.5 Å². The summed E-state index contributed by atoms with van der Waals surface area (Å²) in [6, 6.07) is 20.1. The first-order valence-electron chi connectivity index (χ1n) is 11.7. The maximum Gasteiger partial charge on any atom is 0.264 e. The Labute approximate surface area is 217 Å². The highest BCUT2D eigenvalue weighted by Gasteiger charge is 2.27. The Hall–Kier alpha value is -3.36. The van der Waals surface area contributed by atoms with Crippen LogP contribution in [0.2, 0.25) is 5.02 Å². The van der Waals surface area contributed by atoms with Crippen LogP contribution in [-0.2, 0) is 14.8 Å². The van der Waals surface area contributed by atoms with Gasteiger partial charge in [-0.3, -0.25) is 9.10 Å². The lowest BCUT2D eigenvalue weighted by molar-refractivity contribution is -0.119. The third-order valence-electron chi connectivity index (χ3n) is 5.38. The van der Waals surface area contributed by atoms with Gasteiger partial charge in [0.15, 0.2) is 0 Å². The van der Waals surface area contributed by atoms with Crippen LogP contribution in [0.4, 0.5) is 5.69 Å². The van der Waals surface area contributed by atoms with Crippen LogP contribution in [0.3, 0.4) is 0 Å². The number of amides is 1. The summed E-state index contributed by atoms with van der Waals surface area (Å²) in [6.45, 7) is 4.05. The van der Waals surface area contributed by atoms with E-state index in [1.165, 1.54) is 24.4 Å². The largest absolute Gasteiger partial charge is 0.493 e. The third-order valence-corrected chi connectivity index (χ3v) is 7.57. The molecule has 0 bridgehead atoms. The van der Waals surface area contributed by atoms with Crippen molar-refractivity contribution in [2.45, 2.75) is 38.0 Å². The molecule has 9 heteroatoms. The standard InChI is InChI=1S/C27H30ClN3O4S/c1-3-4-10-17-35-26-14-9-8-11-22(26)19-29-30-27(32)20-31(23-16-15-21(2)25(28)18-23)36(33,34)24-12-6-5-7-13-24/h5-9,11-16,18-19H,3-4,10,17,20H2,1-2H3,(H,30,32)/b29-19-. The SMILES string of the molecule is CCCCCOc1ccccc1/C=N\NC(=O)CN(c1ccc(C)c(Cl)c1)S(=O)(=O)c1ccccc1. The molecule has 3 aromatic carbocycles. The summed E-state index contributed by atoms with van der Waals surface area (Å²) in [5, 5.41) is 4.43. The van der Waals surface area contributed by atoms with Crippen molar-refractivity contribution in [1.82, 2.24) is 5.43 Å². The Balaban J connectivity index is 1.77. The molecule has 0 unspecified atom stereocenters. The number of nitrogens with one attached hydrogen (secondary N) is 1. The van der Waals surface area contributed by atoms with Gasteiger partial charge >= 0.3 is 0 Å². The molecule has 190 valence electrons. The van der Waals surface area contributed by atoms with Crippen LogP contribution in [0.25, 0.3) is 0 Å². The molecule has 0 fully saturated rings. The molecule has 0 atom stereocenters. The fourth-order valence-corrected chi connectivity index (χ4v) is 4.97. The summed E-state index contributed by atoms with van der Waals surface area (Å²) in [4.78, 5) is 12.8. The van der Waals surface area contributed by atoms with Gasteiger partial charge in [0, 0.05) is 10.6 Å². The molecule has 3 aromatic rings. The van der Waals surface area contributed by atoms with Crippen molar-refractivity contribution >= 4 is 39.4 Å². The molecule has 0 aliphatic carbocycles. The van der Waals surface area contributed by atoms with Gasteiger partial charge in [0.05, 0.1) is 23.4 Å². The van der Waals surface area contributed by atoms with E-state index in [4.69, 9.17) is 16.3 Å². The Kier molecular flexibility index (Phi) is 9.90. The minimum Gasteiger partial charge on any atom is -0.493 e. The van der Waals surface area contributed by atoms with Crippen molar-refractivity contribution in [3.8, 4) is 5.75 Å². The molecule has 0 radical (unpaired) electrons. The number of hydrogen-bond donors (Lipinski definition) is 1. The van der Waals surface area contributed by atoms with E-state index in [-0.39, 0.29) is 10.6 Å². The number of nitrogens with zero attached hydrogens (tertiary/aromatic N) is 2. The molecule has 3 rings (SSSR count). The van der Waals surface area contributed by atoms with Gasteiger partial charge in [0.25, 0.3) is 15.9 Å². The van der Waals surface area contributed by atoms with Gasteiger partial charge in [0.2, 0.25) is 0 Å². The van der Waals surface area contributed by atoms with E-state index < -0.39 is 22.5 Å². The molecule has 0 saturated carbocycles. The molecule has 0 aliphatic heterocycles. The zero-order valence-corrected chi connectivity index (χ0v) is 21.9. The molecule has 0 heterocycles. The van der Waals surface area contributed by atoms with Gasteiger partial charge in [-0.05, 0) is 55.3 Å². The van der Waals surface area contributed by atoms with Crippen LogP contribution >= 0.6 is 11.6 Å². The first-order chi connectivity index (χ1) is 17.3. The minimum absolute atomic E-state index is 0.0622. The van der Waals surface area contributed by atoms with Crippen molar-refractivity contribution in [2.24, 2.45) is 5.10 Å². The van der Waals surface area contributed by atoms with Gasteiger partial charge in [-0.1, -0.05) is 67.8 Å². The third kappa shape index (κ3) is 7.32. The highest BCUT2D eigenvalue weighted by molar-refractivity contribution is 7.92. The summed E-state index contributed by atoms with van der Waals surface area (Å²) >= 11 is 6.25. The van der Waals surface area contributed by atoms with E-state index in [1.54, 1.807) is 30.3 Å². The number of carbonyl (C=O) groups excluding carboxylic acids is 1. The second-order valence-corrected chi connectivity index (χ2v) is 10.4. The minimum atomic E-state index is -4.04. The number of halogens is 1. The van der Waals surface area contributed by atoms with E-state index in [0.29, 0.717) is 22.9 Å². The lowest BCUT2D eigenvalue weighted by Crippen LogP contribution is -2.39. The number of para-hydroxylation sites is 1. The number of hydrazone groups is 1. The number of unbranched alkanes of at least 4 members (excludes halogenated alkanes) is 2. The number of anilines is 1. The summed E-state index contributed by atoms with van der Waals surface area (Å²) in [7, 11) is -4.04. The van der Waals surface area contributed by atoms with Gasteiger partial charge in [-0.25, -0.2) is 13.8 Å². The van der Waals surface area contributed by atoms with Crippen molar-refractivity contribution in [1.29, 1.82) is 0 Å². The van der Waals surface area contributed by atoms with E-state index in [2.05, 4.69) is 17.5 Å². The zero-order chi connectivity index (χ0) is 26.0. The second kappa shape index (κ2) is 13.1. The first-order valence-corrected chi connectivity index (χ1v) is 13.5. The molecule has 0 aliphatic rings. The lowest BCUT2D eigenvalue weighted by atomic mass is 10.2. The maximum absolute atomic E-state index is 13.4. The number of ether oxygens (including phenoxy) is 1. The second-order valence-electron chi connectivity index (χ2n) is 8.14. The van der Waals surface area contributed by atoms with Crippen molar-refractivity contribution in [3.63, 3.8) is 0 Å². The van der Waals surface area contributed by atoms with Crippen molar-refractivity contribution in [3.05, 3.63) is 88.9 Å². The van der Waals surface area contributed by atoms with Crippen molar-refractivity contribution < 1.29 is 17.9 Å². The topological polar surface area (TPSA) is 88.1 Å². The number of aryl methyl sites for hydroxylation is 1. The fraction of sp³-hybridized carbons (Fsp3) is 0.259. The van der Waals surface area contributed by atoms with Gasteiger partial charge < -0.3 is 4.74 Å². The quantitative estimate of drug-likeness (QED) is 0.190. The number of sulfonamides is 1. The number of carbonyl (C=O) groups is 1. The van der Waals surface area contributed by atoms with Crippen LogP contribution in [0.15, 0.2) is 82.8 Å². The van der Waals surface area contributed by atoms with Crippen molar-refractivity contribution in [2.75, 3.05) is 17.5 Å². The van der Waals surface area contributed by atoms with Crippen LogP contribution in [0.5, 0.6) is 5.75 Å². The molecule has 0 spiro atoms. The van der Waals surface area contributed by atoms with Crippen LogP contribution in [-0.4, -0.2) is 33.7 Å². The molecule has 0 aromatic heterocycles. The van der Waals surface area contributed by atoms with Gasteiger partial charge in [-0.2, -0.15) is 5.10 Å². The number of hydrogen-bond acceptors (Lipinski definition) is 5. The first kappa shape index (κ1) is 27.2. The summed E-state index contributed by atoms with van der Waals surface area (Å²) in [5.41, 5.74) is 4.19. The maximum atomic E-state index is 13.4. The highest BCUT2D eigenvalue weighted by Crippen LogP contribution is 2.28. The predicted octanol–water partition coefficient (Wildman–Crippen LogP) is 5.56. The predicted molar refractivity (Wildman–Crippen MR) is 144 cm³/mol. The van der Waals surface area contributed by atoms with Gasteiger partial charge in [0.1, 0.15) is 12.3 Å². The van der Waals surface area contributed by atoms with E-state index in [0.717, 1.165) is 29.1 Å². The molecular weight excluding hydrogens is 498 g/mol. The molecule has 1 N–H and O–H groups in total. The molecule has 0 saturated heterocycles. The van der Waals surface area contributed by atoms with Crippen LogP contribution in [0, 0.1) is 6.92 Å². The number of benzene rings is 3. The fourth-order valence-electron chi connectivity index (χ4n) is 3.36. The Morgan fingerprint density at radius 3 is 2.50 bits per heavy atom. The monoisotopic (exact) mass is 527 g/mol. The molecular formula is C27H30ClN3O4S. The molecule has 1 amide bonds. The smallest absolute Gasteiger partial charge is 0.264 e. The van der Waals surface area contributed by atoms with Gasteiger partial charge in [-0.15, -0.1) is 0 Å². The lowest BCUT2D eigenvalue weighted by Gasteiger charge is -2.24. The van der Waals surface area contributed by atoms with E-state index >= 15 is 0 Å². The Morgan fingerprint density at radius 2 is 1.78 bits per heavy atom. The summed E-state index contributed by atoms with van der Waals surface area (Å²) in [6.07, 6.45) is 4.62. The summed E-state index contributed by atoms with van der Waals surface area (Å²) < 4.78 is 33.6. The summed E-state index contributed by atoms with van der Waals surface area (Å²) in [5.74, 6) is 0.0537. The van der Waals surface area contributed by atoms with E-state index in [1.807, 2.05) is 31.2 Å². The number of rotatable bonds is 12. The zero-order valence-electron chi connectivity index (χ0n) is 20.4. The average molecular weight is 528 g/mol. The van der Waals surface area contributed by atoms with Crippen LogP contribution in [0.1, 0.15) is 37.3 Å². The normalized spacial score (nSPS) is 11.4. The molecule has 36 heavy (non-hydrogen) atoms. The van der Waals surface area contributed by atoms with E-state index in [9.17, 15) is 13.2 Å². The highest BCUT2D eigenvalue weighted by atomic mass is 35.5. The average Bonchev–Trinajstić information content (AvgIpc) is 2.88. The molecule has 7 nitrogen and oxygen atoms in total. The Morgan fingerprint density at radius 1 is 1.06 bits per heavy atom. The Bertz CT molecular complexity index is 1300.